The van der Waals surface area contributed by atoms with Crippen LogP contribution in [0.4, 0.5) is 18.6 Å². The lowest BCUT2D eigenvalue weighted by Crippen LogP contribution is -2.34. The third-order valence-corrected chi connectivity index (χ3v) is 5.95. The Morgan fingerprint density at radius 3 is 2.68 bits per heavy atom. The highest BCUT2D eigenvalue weighted by molar-refractivity contribution is 7.11. The molecule has 3 rings (SSSR count). The fraction of sp³-hybridized carbons (Fsp3) is 0.450. The average Bonchev–Trinajstić information content (AvgIpc) is 3.27. The summed E-state index contributed by atoms with van der Waals surface area (Å²) in [5, 5.41) is 5.38. The molecule has 0 aliphatic carbocycles. The summed E-state index contributed by atoms with van der Waals surface area (Å²) in [4.78, 5) is 26.3. The van der Waals surface area contributed by atoms with Crippen molar-refractivity contribution in [2.75, 3.05) is 25.5 Å². The van der Waals surface area contributed by atoms with Crippen molar-refractivity contribution in [3.05, 3.63) is 40.5 Å². The highest BCUT2D eigenvalue weighted by Crippen LogP contribution is 2.31. The van der Waals surface area contributed by atoms with E-state index in [0.29, 0.717) is 18.2 Å². The first-order valence-corrected chi connectivity index (χ1v) is 10.7. The van der Waals surface area contributed by atoms with E-state index in [1.807, 2.05) is 0 Å². The molecular formula is C20H25F2N5O3S. The standard InChI is InChI=1S/C20H25F2N5O3S/c1-11-8-14(21)13(15(22)9-11)10-30-18-16(17(23)28)19(31-26-18)25-20(29)24-6-5-12-4-3-7-27(12)2/h8-9,12H,3-7,10H2,1-2H3,(H2,23,28)(H2,24,25,29). The number of nitrogens with one attached hydrogen (secondary N) is 2. The van der Waals surface area contributed by atoms with E-state index in [0.717, 1.165) is 37.3 Å². The number of carbonyl (C=O) groups is 2. The number of urea groups is 1. The average molecular weight is 454 g/mol. The second-order valence-electron chi connectivity index (χ2n) is 7.50. The number of rotatable bonds is 8. The molecule has 1 fully saturated rings. The van der Waals surface area contributed by atoms with Gasteiger partial charge in [-0.15, -0.1) is 0 Å². The maximum Gasteiger partial charge on any atom is 0.319 e. The number of anilines is 1. The maximum atomic E-state index is 14.0. The number of nitrogens with zero attached hydrogens (tertiary/aromatic N) is 2. The molecule has 2 heterocycles. The Morgan fingerprint density at radius 1 is 1.35 bits per heavy atom. The normalized spacial score (nSPS) is 16.3. The number of primary amides is 1. The van der Waals surface area contributed by atoms with Gasteiger partial charge in [0.15, 0.2) is 0 Å². The van der Waals surface area contributed by atoms with Crippen LogP contribution in [0.2, 0.25) is 0 Å². The monoisotopic (exact) mass is 453 g/mol. The molecule has 4 N–H and O–H groups in total. The predicted molar refractivity (Wildman–Crippen MR) is 113 cm³/mol. The number of ether oxygens (including phenoxy) is 1. The molecule has 0 saturated carbocycles. The minimum atomic E-state index is -0.878. The summed E-state index contributed by atoms with van der Waals surface area (Å²) in [6.45, 7) is 2.61. The Hall–Kier alpha value is -2.79. The van der Waals surface area contributed by atoms with Crippen molar-refractivity contribution in [2.24, 2.45) is 5.73 Å². The molecule has 0 spiro atoms. The number of benzene rings is 1. The second kappa shape index (κ2) is 10.0. The van der Waals surface area contributed by atoms with Gasteiger partial charge in [0, 0.05) is 12.6 Å². The minimum absolute atomic E-state index is 0.0998. The summed E-state index contributed by atoms with van der Waals surface area (Å²) < 4.78 is 37.3. The Bertz CT molecular complexity index is 945. The molecule has 168 valence electrons. The molecule has 8 nitrogen and oxygen atoms in total. The van der Waals surface area contributed by atoms with Crippen LogP contribution in [0.1, 0.15) is 40.7 Å². The molecule has 1 aromatic heterocycles. The van der Waals surface area contributed by atoms with Gasteiger partial charge < -0.3 is 20.7 Å². The first-order valence-electron chi connectivity index (χ1n) is 9.88. The zero-order valence-corrected chi connectivity index (χ0v) is 18.2. The molecule has 11 heteroatoms. The van der Waals surface area contributed by atoms with Crippen LogP contribution in [-0.2, 0) is 6.61 Å². The molecule has 1 aliphatic rings. The Kier molecular flexibility index (Phi) is 7.39. The fourth-order valence-electron chi connectivity index (χ4n) is 3.53. The van der Waals surface area contributed by atoms with Gasteiger partial charge in [-0.3, -0.25) is 10.1 Å². The molecule has 1 unspecified atom stereocenters. The quantitative estimate of drug-likeness (QED) is 0.569. The summed E-state index contributed by atoms with van der Waals surface area (Å²) in [5.74, 6) is -2.60. The SMILES string of the molecule is Cc1cc(F)c(COc2nsc(NC(=O)NCCC3CCCN3C)c2C(N)=O)c(F)c1. The molecule has 1 aliphatic heterocycles. The van der Waals surface area contributed by atoms with Crippen LogP contribution >= 0.6 is 11.5 Å². The van der Waals surface area contributed by atoms with Gasteiger partial charge in [0.1, 0.15) is 28.8 Å². The molecule has 31 heavy (non-hydrogen) atoms. The van der Waals surface area contributed by atoms with E-state index in [2.05, 4.69) is 27.0 Å². The zero-order chi connectivity index (χ0) is 22.5. The molecule has 1 saturated heterocycles. The fourth-order valence-corrected chi connectivity index (χ4v) is 4.26. The number of aryl methyl sites for hydroxylation is 1. The molecule has 2 aromatic rings. The van der Waals surface area contributed by atoms with Gasteiger partial charge in [-0.1, -0.05) is 0 Å². The van der Waals surface area contributed by atoms with E-state index in [9.17, 15) is 18.4 Å². The molecular weight excluding hydrogens is 428 g/mol. The van der Waals surface area contributed by atoms with E-state index in [1.165, 1.54) is 12.1 Å². The van der Waals surface area contributed by atoms with E-state index in [4.69, 9.17) is 10.5 Å². The number of hydrogen-bond donors (Lipinski definition) is 3. The van der Waals surface area contributed by atoms with Gasteiger partial charge in [-0.05, 0) is 69.0 Å². The molecule has 1 atom stereocenters. The Balaban J connectivity index is 1.61. The van der Waals surface area contributed by atoms with Gasteiger partial charge in [0.25, 0.3) is 5.91 Å². The van der Waals surface area contributed by atoms with Crippen molar-refractivity contribution >= 4 is 28.5 Å². The van der Waals surface area contributed by atoms with Crippen molar-refractivity contribution in [1.29, 1.82) is 0 Å². The highest BCUT2D eigenvalue weighted by atomic mass is 32.1. The largest absolute Gasteiger partial charge is 0.471 e. The second-order valence-corrected chi connectivity index (χ2v) is 8.27. The van der Waals surface area contributed by atoms with E-state index < -0.39 is 30.2 Å². The third kappa shape index (κ3) is 5.67. The van der Waals surface area contributed by atoms with Crippen molar-refractivity contribution in [1.82, 2.24) is 14.6 Å². The number of hydrogen-bond acceptors (Lipinski definition) is 6. The van der Waals surface area contributed by atoms with E-state index in [-0.39, 0.29) is 22.0 Å². The molecule has 0 radical (unpaired) electrons. The van der Waals surface area contributed by atoms with Crippen LogP contribution in [-0.4, -0.2) is 47.4 Å². The lowest BCUT2D eigenvalue weighted by molar-refractivity contribution is 0.0996. The van der Waals surface area contributed by atoms with Crippen molar-refractivity contribution in [3.8, 4) is 5.88 Å². The minimum Gasteiger partial charge on any atom is -0.471 e. The van der Waals surface area contributed by atoms with Gasteiger partial charge in [-0.25, -0.2) is 13.6 Å². The van der Waals surface area contributed by atoms with Gasteiger partial charge in [0.2, 0.25) is 5.88 Å². The number of likely N-dealkylation sites (tertiary alicyclic amines) is 1. The van der Waals surface area contributed by atoms with Crippen molar-refractivity contribution in [2.45, 2.75) is 38.8 Å². The van der Waals surface area contributed by atoms with Gasteiger partial charge in [0.05, 0.1) is 5.56 Å². The van der Waals surface area contributed by atoms with Crippen LogP contribution in [0.15, 0.2) is 12.1 Å². The summed E-state index contributed by atoms with van der Waals surface area (Å²) in [5.41, 5.74) is 5.39. The Morgan fingerprint density at radius 2 is 2.06 bits per heavy atom. The summed E-state index contributed by atoms with van der Waals surface area (Å²) in [6, 6.07) is 2.29. The third-order valence-electron chi connectivity index (χ3n) is 5.21. The van der Waals surface area contributed by atoms with Crippen molar-refractivity contribution < 1.29 is 23.1 Å². The first-order chi connectivity index (χ1) is 14.8. The summed E-state index contributed by atoms with van der Waals surface area (Å²) >= 11 is 0.794. The number of aromatic nitrogens is 1. The van der Waals surface area contributed by atoms with Crippen LogP contribution in [0.3, 0.4) is 0 Å². The predicted octanol–water partition coefficient (Wildman–Crippen LogP) is 3.01. The van der Waals surface area contributed by atoms with Gasteiger partial charge in [-0.2, -0.15) is 4.37 Å². The lowest BCUT2D eigenvalue weighted by atomic mass is 10.1. The van der Waals surface area contributed by atoms with E-state index >= 15 is 0 Å². The maximum absolute atomic E-state index is 14.0. The summed E-state index contributed by atoms with van der Waals surface area (Å²) in [7, 11) is 2.06. The van der Waals surface area contributed by atoms with E-state index in [1.54, 1.807) is 6.92 Å². The molecule has 3 amide bonds. The van der Waals surface area contributed by atoms with Crippen LogP contribution < -0.4 is 21.1 Å². The number of halogens is 2. The van der Waals surface area contributed by atoms with Crippen LogP contribution in [0.5, 0.6) is 5.88 Å². The lowest BCUT2D eigenvalue weighted by Gasteiger charge is -2.19. The smallest absolute Gasteiger partial charge is 0.319 e. The van der Waals surface area contributed by atoms with Gasteiger partial charge >= 0.3 is 6.03 Å². The Labute approximate surface area is 182 Å². The number of amides is 3. The van der Waals surface area contributed by atoms with Crippen LogP contribution in [0.25, 0.3) is 0 Å². The van der Waals surface area contributed by atoms with Crippen LogP contribution in [0, 0.1) is 18.6 Å². The molecule has 1 aromatic carbocycles. The zero-order valence-electron chi connectivity index (χ0n) is 17.3. The molecule has 0 bridgehead atoms. The highest BCUT2D eigenvalue weighted by Gasteiger charge is 2.24. The van der Waals surface area contributed by atoms with Crippen molar-refractivity contribution in [3.63, 3.8) is 0 Å². The summed E-state index contributed by atoms with van der Waals surface area (Å²) in [6.07, 6.45) is 3.07. The number of nitrogens with two attached hydrogens (primary N) is 1. The topological polar surface area (TPSA) is 110 Å². The first kappa shape index (κ1) is 22.9. The number of carbonyl (C=O) groups excluding carboxylic acids is 2.